The summed E-state index contributed by atoms with van der Waals surface area (Å²) >= 11 is 1.63. The first-order valence-corrected chi connectivity index (χ1v) is 13.3. The minimum atomic E-state index is -1.17. The number of carbonyl (C=O) groups is 3. The molecule has 2 aromatic rings. The predicted octanol–water partition coefficient (Wildman–Crippen LogP) is 3.95. The van der Waals surface area contributed by atoms with Gasteiger partial charge < -0.3 is 10.2 Å². The van der Waals surface area contributed by atoms with Gasteiger partial charge in [-0.3, -0.25) is 19.5 Å². The number of thiophene rings is 1. The lowest BCUT2D eigenvalue weighted by Crippen LogP contribution is -2.55. The Balaban J connectivity index is 1.34. The molecule has 3 aliphatic rings. The normalized spacial score (nSPS) is 24.5. The summed E-state index contributed by atoms with van der Waals surface area (Å²) in [7, 11) is 0. The second-order valence-corrected chi connectivity index (χ2v) is 10.7. The number of urea groups is 1. The number of aromatic nitrogens is 1. The van der Waals surface area contributed by atoms with Gasteiger partial charge in [-0.25, -0.2) is 4.79 Å². The summed E-state index contributed by atoms with van der Waals surface area (Å²) in [5, 5.41) is 5.07. The number of rotatable bonds is 6. The van der Waals surface area contributed by atoms with E-state index in [1.54, 1.807) is 17.5 Å². The van der Waals surface area contributed by atoms with E-state index in [1.807, 2.05) is 40.6 Å². The van der Waals surface area contributed by atoms with Crippen LogP contribution in [0.4, 0.5) is 4.79 Å². The van der Waals surface area contributed by atoms with Crippen LogP contribution in [0, 0.1) is 11.8 Å². The quantitative estimate of drug-likeness (QED) is 0.635. The molecule has 1 atom stereocenters. The highest BCUT2D eigenvalue weighted by Gasteiger charge is 2.58. The van der Waals surface area contributed by atoms with E-state index >= 15 is 0 Å². The standard InChI is InChI=1S/C26H32N4O3S/c31-23(19-7-2-1-3-8-19)29-15-11-20(12-16-29)26(22-10-4-5-14-27-22)24(32)30(25(33)28-26)17-13-21-9-6-18-34-21/h4-6,9-10,14,18-20H,1-3,7-8,11-13,15-17H2,(H,28,33). The van der Waals surface area contributed by atoms with E-state index in [4.69, 9.17) is 0 Å². The molecule has 3 fully saturated rings. The minimum absolute atomic E-state index is 0.110. The van der Waals surface area contributed by atoms with Crippen LogP contribution >= 0.6 is 11.3 Å². The van der Waals surface area contributed by atoms with Crippen LogP contribution in [0.15, 0.2) is 41.9 Å². The number of pyridine rings is 1. The highest BCUT2D eigenvalue weighted by Crippen LogP contribution is 2.41. The number of amides is 4. The van der Waals surface area contributed by atoms with Crippen LogP contribution in [0.3, 0.4) is 0 Å². The van der Waals surface area contributed by atoms with E-state index < -0.39 is 5.54 Å². The van der Waals surface area contributed by atoms with Crippen molar-refractivity contribution >= 4 is 29.2 Å². The van der Waals surface area contributed by atoms with Crippen LogP contribution in [0.25, 0.3) is 0 Å². The summed E-state index contributed by atoms with van der Waals surface area (Å²) in [5.74, 6) is 0.0887. The van der Waals surface area contributed by atoms with Gasteiger partial charge in [-0.05, 0) is 55.7 Å². The third-order valence-electron chi connectivity index (χ3n) is 7.74. The summed E-state index contributed by atoms with van der Waals surface area (Å²) in [6, 6.07) is 9.16. The lowest BCUT2D eigenvalue weighted by molar-refractivity contribution is -0.139. The molecule has 0 aromatic carbocycles. The smallest absolute Gasteiger partial charge is 0.325 e. The van der Waals surface area contributed by atoms with Crippen molar-refractivity contribution in [1.82, 2.24) is 20.1 Å². The van der Waals surface area contributed by atoms with Crippen molar-refractivity contribution in [3.05, 3.63) is 52.5 Å². The number of hydrogen-bond donors (Lipinski definition) is 1. The zero-order valence-corrected chi connectivity index (χ0v) is 20.3. The van der Waals surface area contributed by atoms with Crippen LogP contribution in [0.5, 0.6) is 0 Å². The summed E-state index contributed by atoms with van der Waals surface area (Å²) in [4.78, 5) is 49.0. The molecule has 4 amide bonds. The number of likely N-dealkylation sites (tertiary alicyclic amines) is 1. The topological polar surface area (TPSA) is 82.6 Å². The van der Waals surface area contributed by atoms with Crippen LogP contribution in [-0.2, 0) is 21.5 Å². The maximum absolute atomic E-state index is 13.9. The SMILES string of the molecule is O=C(C1CCCCC1)N1CCC(C2(c3ccccn3)NC(=O)N(CCc3cccs3)C2=O)CC1. The Kier molecular flexibility index (Phi) is 6.68. The molecule has 34 heavy (non-hydrogen) atoms. The Morgan fingerprint density at radius 3 is 2.53 bits per heavy atom. The second-order valence-electron chi connectivity index (χ2n) is 9.67. The predicted molar refractivity (Wildman–Crippen MR) is 130 cm³/mol. The van der Waals surface area contributed by atoms with E-state index in [2.05, 4.69) is 10.3 Å². The maximum atomic E-state index is 13.9. The lowest BCUT2D eigenvalue weighted by Gasteiger charge is -2.41. The molecule has 2 aliphatic heterocycles. The summed E-state index contributed by atoms with van der Waals surface area (Å²) in [6.45, 7) is 1.58. The van der Waals surface area contributed by atoms with E-state index in [1.165, 1.54) is 11.3 Å². The Hall–Kier alpha value is -2.74. The molecule has 1 saturated carbocycles. The minimum Gasteiger partial charge on any atom is -0.342 e. The largest absolute Gasteiger partial charge is 0.342 e. The molecule has 0 bridgehead atoms. The molecule has 5 rings (SSSR count). The molecular weight excluding hydrogens is 448 g/mol. The molecule has 4 heterocycles. The second kappa shape index (κ2) is 9.86. The number of piperidine rings is 1. The first-order valence-electron chi connectivity index (χ1n) is 12.5. The highest BCUT2D eigenvalue weighted by atomic mass is 32.1. The molecule has 1 aliphatic carbocycles. The van der Waals surface area contributed by atoms with Gasteiger partial charge in [0.2, 0.25) is 5.91 Å². The fraction of sp³-hybridized carbons (Fsp3) is 0.538. The molecule has 1 N–H and O–H groups in total. The number of hydrogen-bond acceptors (Lipinski definition) is 5. The molecule has 8 heteroatoms. The first kappa shape index (κ1) is 23.0. The summed E-state index contributed by atoms with van der Waals surface area (Å²) in [6.07, 6.45) is 9.13. The van der Waals surface area contributed by atoms with E-state index in [0.29, 0.717) is 44.6 Å². The van der Waals surface area contributed by atoms with Gasteiger partial charge in [0, 0.05) is 42.5 Å². The van der Waals surface area contributed by atoms with Gasteiger partial charge >= 0.3 is 6.03 Å². The molecule has 2 saturated heterocycles. The van der Waals surface area contributed by atoms with Crippen molar-refractivity contribution in [1.29, 1.82) is 0 Å². The van der Waals surface area contributed by atoms with Gasteiger partial charge in [-0.2, -0.15) is 0 Å². The van der Waals surface area contributed by atoms with Crippen LogP contribution in [0.1, 0.15) is 55.5 Å². The maximum Gasteiger partial charge on any atom is 0.325 e. The molecular formula is C26H32N4O3S. The fourth-order valence-electron chi connectivity index (χ4n) is 5.87. The number of imide groups is 1. The average molecular weight is 481 g/mol. The number of nitrogens with zero attached hydrogens (tertiary/aromatic N) is 3. The molecule has 0 radical (unpaired) electrons. The molecule has 2 aromatic heterocycles. The van der Waals surface area contributed by atoms with Gasteiger partial charge in [0.15, 0.2) is 5.54 Å². The van der Waals surface area contributed by atoms with Crippen molar-refractivity contribution in [3.63, 3.8) is 0 Å². The number of nitrogens with one attached hydrogen (secondary N) is 1. The Labute approximate surface area is 204 Å². The molecule has 180 valence electrons. The van der Waals surface area contributed by atoms with E-state index in [-0.39, 0.29) is 29.7 Å². The molecule has 0 spiro atoms. The van der Waals surface area contributed by atoms with Crippen LogP contribution in [0.2, 0.25) is 0 Å². The highest BCUT2D eigenvalue weighted by molar-refractivity contribution is 7.09. The summed E-state index contributed by atoms with van der Waals surface area (Å²) < 4.78 is 0. The zero-order valence-electron chi connectivity index (χ0n) is 19.4. The van der Waals surface area contributed by atoms with Gasteiger partial charge in [0.25, 0.3) is 5.91 Å². The number of carbonyl (C=O) groups excluding carboxylic acids is 3. The van der Waals surface area contributed by atoms with Crippen LogP contribution < -0.4 is 5.32 Å². The van der Waals surface area contributed by atoms with E-state index in [9.17, 15) is 14.4 Å². The molecule has 7 nitrogen and oxygen atoms in total. The van der Waals surface area contributed by atoms with Gasteiger partial charge in [-0.1, -0.05) is 31.4 Å². The van der Waals surface area contributed by atoms with Gasteiger partial charge in [0.05, 0.1) is 5.69 Å². The van der Waals surface area contributed by atoms with Crippen molar-refractivity contribution < 1.29 is 14.4 Å². The van der Waals surface area contributed by atoms with Crippen molar-refractivity contribution in [3.8, 4) is 0 Å². The third kappa shape index (κ3) is 4.24. The molecule has 1 unspecified atom stereocenters. The Morgan fingerprint density at radius 2 is 1.85 bits per heavy atom. The third-order valence-corrected chi connectivity index (χ3v) is 8.67. The Bertz CT molecular complexity index is 1010. The van der Waals surface area contributed by atoms with Crippen LogP contribution in [-0.4, -0.2) is 52.3 Å². The van der Waals surface area contributed by atoms with Crippen molar-refractivity contribution in [2.75, 3.05) is 19.6 Å². The Morgan fingerprint density at radius 1 is 1.06 bits per heavy atom. The summed E-state index contributed by atoms with van der Waals surface area (Å²) in [5.41, 5.74) is -0.586. The van der Waals surface area contributed by atoms with Gasteiger partial charge in [-0.15, -0.1) is 11.3 Å². The average Bonchev–Trinajstić information content (AvgIpc) is 3.50. The van der Waals surface area contributed by atoms with Gasteiger partial charge in [0.1, 0.15) is 0 Å². The zero-order chi connectivity index (χ0) is 23.5. The monoisotopic (exact) mass is 480 g/mol. The fourth-order valence-corrected chi connectivity index (χ4v) is 6.57. The van der Waals surface area contributed by atoms with Crippen molar-refractivity contribution in [2.45, 2.75) is 56.9 Å². The van der Waals surface area contributed by atoms with Crippen molar-refractivity contribution in [2.24, 2.45) is 11.8 Å². The lowest BCUT2D eigenvalue weighted by atomic mass is 9.74. The van der Waals surface area contributed by atoms with E-state index in [0.717, 1.165) is 30.6 Å². The first-order chi connectivity index (χ1) is 16.6.